The van der Waals surface area contributed by atoms with E-state index in [1.807, 2.05) is 24.3 Å². The third-order valence-corrected chi connectivity index (χ3v) is 8.53. The van der Waals surface area contributed by atoms with Gasteiger partial charge < -0.3 is 4.57 Å². The molecule has 0 radical (unpaired) electrons. The summed E-state index contributed by atoms with van der Waals surface area (Å²) in [6, 6.07) is 14.2. The molecular formula is C23H27N3O3S2. The first-order valence-electron chi connectivity index (χ1n) is 10.7. The molecule has 0 aliphatic carbocycles. The van der Waals surface area contributed by atoms with Crippen molar-refractivity contribution in [3.63, 3.8) is 0 Å². The number of thiazole rings is 1. The van der Waals surface area contributed by atoms with Crippen LogP contribution in [0.5, 0.6) is 0 Å². The molecule has 0 spiro atoms. The first-order valence-corrected chi connectivity index (χ1v) is 12.9. The highest BCUT2D eigenvalue weighted by atomic mass is 32.2. The number of aromatic nitrogens is 1. The van der Waals surface area contributed by atoms with E-state index in [4.69, 9.17) is 0 Å². The second-order valence-electron chi connectivity index (χ2n) is 8.06. The van der Waals surface area contributed by atoms with Gasteiger partial charge in [0.15, 0.2) is 4.80 Å². The monoisotopic (exact) mass is 457 g/mol. The number of hydrogen-bond donors (Lipinski definition) is 0. The maximum absolute atomic E-state index is 12.9. The topological polar surface area (TPSA) is 71.7 Å². The van der Waals surface area contributed by atoms with Crippen molar-refractivity contribution in [3.05, 3.63) is 58.9 Å². The van der Waals surface area contributed by atoms with E-state index in [1.54, 1.807) is 16.4 Å². The van der Waals surface area contributed by atoms with Gasteiger partial charge >= 0.3 is 0 Å². The lowest BCUT2D eigenvalue weighted by Gasteiger charge is -2.30. The molecule has 1 unspecified atom stereocenters. The Kier molecular flexibility index (Phi) is 6.41. The highest BCUT2D eigenvalue weighted by Gasteiger charge is 2.28. The molecule has 1 amide bonds. The summed E-state index contributed by atoms with van der Waals surface area (Å²) >= 11 is 1.49. The quantitative estimate of drug-likeness (QED) is 0.574. The fourth-order valence-corrected chi connectivity index (χ4v) is 6.63. The maximum Gasteiger partial charge on any atom is 0.279 e. The van der Waals surface area contributed by atoms with Crippen LogP contribution in [-0.4, -0.2) is 36.3 Å². The molecule has 0 bridgehead atoms. The van der Waals surface area contributed by atoms with Gasteiger partial charge in [-0.25, -0.2) is 8.42 Å². The fourth-order valence-electron chi connectivity index (χ4n) is 3.98. The van der Waals surface area contributed by atoms with Crippen LogP contribution in [0.25, 0.3) is 10.2 Å². The van der Waals surface area contributed by atoms with Crippen molar-refractivity contribution in [2.45, 2.75) is 44.6 Å². The Morgan fingerprint density at radius 2 is 1.90 bits per heavy atom. The molecule has 164 valence electrons. The molecule has 2 heterocycles. The van der Waals surface area contributed by atoms with Gasteiger partial charge in [0.25, 0.3) is 5.91 Å². The lowest BCUT2D eigenvalue weighted by molar-refractivity contribution is 0.0997. The van der Waals surface area contributed by atoms with E-state index in [2.05, 4.69) is 23.4 Å². The van der Waals surface area contributed by atoms with Crippen molar-refractivity contribution in [2.24, 2.45) is 10.9 Å². The highest BCUT2D eigenvalue weighted by molar-refractivity contribution is 7.89. The van der Waals surface area contributed by atoms with Crippen LogP contribution in [0, 0.1) is 5.92 Å². The molecule has 0 saturated carbocycles. The molecule has 1 aromatic heterocycles. The summed E-state index contributed by atoms with van der Waals surface area (Å²) in [6.45, 7) is 6.03. The zero-order valence-corrected chi connectivity index (χ0v) is 19.5. The third kappa shape index (κ3) is 4.51. The first-order chi connectivity index (χ1) is 14.9. The molecule has 6 nitrogen and oxygen atoms in total. The lowest BCUT2D eigenvalue weighted by atomic mass is 10.0. The Hall–Kier alpha value is -2.29. The lowest BCUT2D eigenvalue weighted by Crippen LogP contribution is -2.39. The Morgan fingerprint density at radius 1 is 1.16 bits per heavy atom. The number of benzene rings is 2. The summed E-state index contributed by atoms with van der Waals surface area (Å²) in [5.41, 5.74) is 1.45. The minimum atomic E-state index is -3.54. The van der Waals surface area contributed by atoms with Crippen molar-refractivity contribution in [1.29, 1.82) is 0 Å². The fraction of sp³-hybridized carbons (Fsp3) is 0.391. The largest absolute Gasteiger partial charge is 0.316 e. The van der Waals surface area contributed by atoms with Crippen molar-refractivity contribution in [2.75, 3.05) is 13.1 Å². The van der Waals surface area contributed by atoms with Gasteiger partial charge in [0.2, 0.25) is 10.0 Å². The van der Waals surface area contributed by atoms with E-state index in [9.17, 15) is 13.2 Å². The molecular weight excluding hydrogens is 430 g/mol. The van der Waals surface area contributed by atoms with Gasteiger partial charge in [0.05, 0.1) is 15.1 Å². The number of fused-ring (bicyclic) bond motifs is 1. The minimum absolute atomic E-state index is 0.223. The SMILES string of the molecule is CCCn1c(=NC(=O)c2ccc(S(=O)(=O)N3CCCC(C)C3)cc2)sc2ccccc21. The molecule has 1 aliphatic rings. The number of aryl methyl sites for hydroxylation is 1. The number of amides is 1. The van der Waals surface area contributed by atoms with Gasteiger partial charge in [0.1, 0.15) is 0 Å². The zero-order chi connectivity index (χ0) is 22.0. The van der Waals surface area contributed by atoms with Gasteiger partial charge in [-0.2, -0.15) is 9.30 Å². The molecule has 1 saturated heterocycles. The molecule has 8 heteroatoms. The molecule has 1 fully saturated rings. The van der Waals surface area contributed by atoms with Gasteiger partial charge in [0, 0.05) is 25.2 Å². The Balaban J connectivity index is 1.62. The van der Waals surface area contributed by atoms with Crippen LogP contribution in [0.15, 0.2) is 58.4 Å². The Bertz CT molecular complexity index is 1260. The van der Waals surface area contributed by atoms with Crippen molar-refractivity contribution in [1.82, 2.24) is 8.87 Å². The van der Waals surface area contributed by atoms with E-state index in [1.165, 1.54) is 23.5 Å². The van der Waals surface area contributed by atoms with Crippen LogP contribution in [0.4, 0.5) is 0 Å². The smallest absolute Gasteiger partial charge is 0.279 e. The summed E-state index contributed by atoms with van der Waals surface area (Å²) in [6.07, 6.45) is 2.86. The molecule has 2 aromatic carbocycles. The number of carbonyl (C=O) groups is 1. The van der Waals surface area contributed by atoms with E-state index in [0.29, 0.717) is 29.4 Å². The van der Waals surface area contributed by atoms with Crippen LogP contribution in [-0.2, 0) is 16.6 Å². The van der Waals surface area contributed by atoms with Crippen LogP contribution in [0.2, 0.25) is 0 Å². The van der Waals surface area contributed by atoms with Gasteiger partial charge in [-0.1, -0.05) is 37.3 Å². The van der Waals surface area contributed by atoms with Gasteiger partial charge in [-0.15, -0.1) is 0 Å². The summed E-state index contributed by atoms with van der Waals surface area (Å²) in [5.74, 6) is -0.00810. The predicted molar refractivity (Wildman–Crippen MR) is 124 cm³/mol. The second kappa shape index (κ2) is 9.06. The minimum Gasteiger partial charge on any atom is -0.316 e. The number of sulfonamides is 1. The summed E-state index contributed by atoms with van der Waals surface area (Å²) in [7, 11) is -3.54. The van der Waals surface area contributed by atoms with E-state index >= 15 is 0 Å². The Labute approximate surface area is 186 Å². The average molecular weight is 458 g/mol. The van der Waals surface area contributed by atoms with E-state index in [0.717, 1.165) is 36.0 Å². The van der Waals surface area contributed by atoms with Crippen molar-refractivity contribution >= 4 is 37.5 Å². The van der Waals surface area contributed by atoms with E-state index < -0.39 is 10.0 Å². The van der Waals surface area contributed by atoms with Gasteiger partial charge in [-0.3, -0.25) is 4.79 Å². The predicted octanol–water partition coefficient (Wildman–Crippen LogP) is 4.27. The summed E-state index contributed by atoms with van der Waals surface area (Å²) < 4.78 is 30.6. The molecule has 0 N–H and O–H groups in total. The highest BCUT2D eigenvalue weighted by Crippen LogP contribution is 2.24. The Morgan fingerprint density at radius 3 is 2.61 bits per heavy atom. The van der Waals surface area contributed by atoms with E-state index in [-0.39, 0.29) is 10.8 Å². The molecule has 1 atom stereocenters. The number of piperidine rings is 1. The van der Waals surface area contributed by atoms with Crippen molar-refractivity contribution in [3.8, 4) is 0 Å². The van der Waals surface area contributed by atoms with Crippen LogP contribution < -0.4 is 4.80 Å². The molecule has 31 heavy (non-hydrogen) atoms. The average Bonchev–Trinajstić information content (AvgIpc) is 3.11. The standard InChI is InChI=1S/C23H27N3O3S2/c1-3-14-26-20-8-4-5-9-21(20)30-23(26)24-22(27)18-10-12-19(13-11-18)31(28,29)25-15-6-7-17(2)16-25/h4-5,8-13,17H,3,6-7,14-16H2,1-2H3. The third-order valence-electron chi connectivity index (χ3n) is 5.59. The van der Waals surface area contributed by atoms with Gasteiger partial charge in [-0.05, 0) is 61.6 Å². The first kappa shape index (κ1) is 21.9. The zero-order valence-electron chi connectivity index (χ0n) is 17.8. The number of hydrogen-bond acceptors (Lipinski definition) is 4. The summed E-state index contributed by atoms with van der Waals surface area (Å²) in [4.78, 5) is 18.1. The van der Waals surface area contributed by atoms with Crippen LogP contribution in [0.1, 0.15) is 43.5 Å². The number of rotatable bonds is 5. The number of para-hydroxylation sites is 1. The van der Waals surface area contributed by atoms with Crippen molar-refractivity contribution < 1.29 is 13.2 Å². The number of nitrogens with zero attached hydrogens (tertiary/aromatic N) is 3. The van der Waals surface area contributed by atoms with Crippen LogP contribution >= 0.6 is 11.3 Å². The molecule has 3 aromatic rings. The number of carbonyl (C=O) groups excluding carboxylic acids is 1. The maximum atomic E-state index is 12.9. The molecule has 4 rings (SSSR count). The summed E-state index contributed by atoms with van der Waals surface area (Å²) in [5, 5.41) is 0. The molecule has 1 aliphatic heterocycles. The second-order valence-corrected chi connectivity index (χ2v) is 11.0. The van der Waals surface area contributed by atoms with Crippen LogP contribution in [0.3, 0.4) is 0 Å². The normalized spacial score (nSPS) is 18.5.